The van der Waals surface area contributed by atoms with Crippen molar-refractivity contribution in [2.24, 2.45) is 0 Å². The summed E-state index contributed by atoms with van der Waals surface area (Å²) in [6, 6.07) is 6.66. The molecule has 0 saturated heterocycles. The lowest BCUT2D eigenvalue weighted by molar-refractivity contribution is 0.0686. The van der Waals surface area contributed by atoms with E-state index in [-0.39, 0.29) is 22.9 Å². The molecule has 5 nitrogen and oxygen atoms in total. The third-order valence-electron chi connectivity index (χ3n) is 2.32. The van der Waals surface area contributed by atoms with E-state index in [1.807, 2.05) is 0 Å². The number of ether oxygens (including phenoxy) is 2. The first-order valence-electron chi connectivity index (χ1n) is 5.31. The summed E-state index contributed by atoms with van der Waals surface area (Å²) >= 11 is 0. The van der Waals surface area contributed by atoms with Crippen LogP contribution in [0.15, 0.2) is 36.5 Å². The molecule has 2 rings (SSSR count). The predicted molar refractivity (Wildman–Crippen MR) is 64.2 cm³/mol. The van der Waals surface area contributed by atoms with Gasteiger partial charge in [-0.1, -0.05) is 0 Å². The SMILES string of the molecule is COc1ccnc(C(=O)O)c1Oc1ccc(F)cc1. The fourth-order valence-corrected chi connectivity index (χ4v) is 1.46. The highest BCUT2D eigenvalue weighted by molar-refractivity contribution is 5.89. The Kier molecular flexibility index (Phi) is 3.61. The molecule has 2 aromatic rings. The molecule has 0 aliphatic rings. The van der Waals surface area contributed by atoms with E-state index < -0.39 is 11.8 Å². The number of benzene rings is 1. The lowest BCUT2D eigenvalue weighted by atomic mass is 10.3. The van der Waals surface area contributed by atoms with Gasteiger partial charge in [0.25, 0.3) is 0 Å². The number of aromatic carboxylic acids is 1. The maximum atomic E-state index is 12.8. The number of hydrogen-bond acceptors (Lipinski definition) is 4. The average Bonchev–Trinajstić information content (AvgIpc) is 2.41. The van der Waals surface area contributed by atoms with E-state index in [4.69, 9.17) is 14.6 Å². The standard InChI is InChI=1S/C13H10FNO4/c1-18-10-6-7-15-11(13(16)17)12(10)19-9-4-2-8(14)3-5-9/h2-7H,1H3,(H,16,17). The molecule has 98 valence electrons. The highest BCUT2D eigenvalue weighted by atomic mass is 19.1. The second kappa shape index (κ2) is 5.34. The monoisotopic (exact) mass is 263 g/mol. The maximum Gasteiger partial charge on any atom is 0.358 e. The Morgan fingerprint density at radius 3 is 2.53 bits per heavy atom. The third-order valence-corrected chi connectivity index (χ3v) is 2.32. The van der Waals surface area contributed by atoms with E-state index in [1.54, 1.807) is 0 Å². The van der Waals surface area contributed by atoms with Crippen molar-refractivity contribution in [1.29, 1.82) is 0 Å². The molecular weight excluding hydrogens is 253 g/mol. The van der Waals surface area contributed by atoms with Crippen LogP contribution in [0.1, 0.15) is 10.5 Å². The zero-order valence-electron chi connectivity index (χ0n) is 9.96. The number of nitrogens with zero attached hydrogens (tertiary/aromatic N) is 1. The van der Waals surface area contributed by atoms with E-state index >= 15 is 0 Å². The summed E-state index contributed by atoms with van der Waals surface area (Å²) in [5, 5.41) is 9.05. The number of rotatable bonds is 4. The molecule has 0 aliphatic heterocycles. The first-order valence-corrected chi connectivity index (χ1v) is 5.31. The fraction of sp³-hybridized carbons (Fsp3) is 0.0769. The number of carboxylic acids is 1. The molecule has 0 fully saturated rings. The second-order valence-electron chi connectivity index (χ2n) is 3.55. The molecule has 1 aromatic heterocycles. The largest absolute Gasteiger partial charge is 0.493 e. The van der Waals surface area contributed by atoms with Crippen LogP contribution in [0, 0.1) is 5.82 Å². The first kappa shape index (κ1) is 12.8. The number of pyridine rings is 1. The van der Waals surface area contributed by atoms with Crippen LogP contribution in [0.5, 0.6) is 17.2 Å². The van der Waals surface area contributed by atoms with Crippen LogP contribution in [-0.4, -0.2) is 23.2 Å². The summed E-state index contributed by atoms with van der Waals surface area (Å²) in [6.07, 6.45) is 1.31. The summed E-state index contributed by atoms with van der Waals surface area (Å²) < 4.78 is 23.2. The lowest BCUT2D eigenvalue weighted by Crippen LogP contribution is -2.04. The average molecular weight is 263 g/mol. The van der Waals surface area contributed by atoms with Gasteiger partial charge >= 0.3 is 5.97 Å². The molecule has 0 bridgehead atoms. The molecule has 0 atom stereocenters. The Balaban J connectivity index is 2.42. The predicted octanol–water partition coefficient (Wildman–Crippen LogP) is 2.72. The number of aromatic nitrogens is 1. The summed E-state index contributed by atoms with van der Waals surface area (Å²) in [6.45, 7) is 0. The van der Waals surface area contributed by atoms with Crippen LogP contribution in [0.2, 0.25) is 0 Å². The lowest BCUT2D eigenvalue weighted by Gasteiger charge is -2.11. The molecular formula is C13H10FNO4. The van der Waals surface area contributed by atoms with Gasteiger partial charge in [-0.3, -0.25) is 0 Å². The van der Waals surface area contributed by atoms with Gasteiger partial charge in [0.05, 0.1) is 7.11 Å². The Labute approximate surface area is 108 Å². The molecule has 0 spiro atoms. The molecule has 0 aliphatic carbocycles. The molecule has 1 heterocycles. The van der Waals surface area contributed by atoms with Crippen LogP contribution in [0.25, 0.3) is 0 Å². The minimum Gasteiger partial charge on any atom is -0.493 e. The Morgan fingerprint density at radius 2 is 1.95 bits per heavy atom. The minimum atomic E-state index is -1.24. The highest BCUT2D eigenvalue weighted by Crippen LogP contribution is 2.33. The van der Waals surface area contributed by atoms with E-state index in [2.05, 4.69) is 4.98 Å². The van der Waals surface area contributed by atoms with E-state index in [0.717, 1.165) is 0 Å². The number of halogens is 1. The summed E-state index contributed by atoms with van der Waals surface area (Å²) in [7, 11) is 1.39. The topological polar surface area (TPSA) is 68.7 Å². The smallest absolute Gasteiger partial charge is 0.358 e. The minimum absolute atomic E-state index is 0.0240. The van der Waals surface area contributed by atoms with Crippen LogP contribution < -0.4 is 9.47 Å². The Morgan fingerprint density at radius 1 is 1.26 bits per heavy atom. The molecule has 6 heteroatoms. The zero-order chi connectivity index (χ0) is 13.8. The van der Waals surface area contributed by atoms with Crippen LogP contribution in [0.3, 0.4) is 0 Å². The Hall–Kier alpha value is -2.63. The number of methoxy groups -OCH3 is 1. The molecule has 1 aromatic carbocycles. The zero-order valence-corrected chi connectivity index (χ0v) is 9.96. The maximum absolute atomic E-state index is 12.8. The van der Waals surface area contributed by atoms with Gasteiger partial charge in [0.15, 0.2) is 11.4 Å². The van der Waals surface area contributed by atoms with Gasteiger partial charge in [-0.05, 0) is 24.3 Å². The molecule has 1 N–H and O–H groups in total. The van der Waals surface area contributed by atoms with Crippen molar-refractivity contribution < 1.29 is 23.8 Å². The van der Waals surface area contributed by atoms with Crippen LogP contribution in [0.4, 0.5) is 4.39 Å². The molecule has 0 radical (unpaired) electrons. The summed E-state index contributed by atoms with van der Waals surface area (Å²) in [4.78, 5) is 14.8. The van der Waals surface area contributed by atoms with Crippen molar-refractivity contribution in [3.8, 4) is 17.2 Å². The van der Waals surface area contributed by atoms with E-state index in [1.165, 1.54) is 43.6 Å². The molecule has 0 amide bonds. The van der Waals surface area contributed by atoms with Gasteiger partial charge in [-0.15, -0.1) is 0 Å². The molecule has 0 unspecified atom stereocenters. The highest BCUT2D eigenvalue weighted by Gasteiger charge is 2.18. The van der Waals surface area contributed by atoms with Crippen molar-refractivity contribution in [2.45, 2.75) is 0 Å². The summed E-state index contributed by atoms with van der Waals surface area (Å²) in [5.74, 6) is -1.16. The molecule has 19 heavy (non-hydrogen) atoms. The van der Waals surface area contributed by atoms with Crippen LogP contribution >= 0.6 is 0 Å². The second-order valence-corrected chi connectivity index (χ2v) is 3.55. The van der Waals surface area contributed by atoms with E-state index in [0.29, 0.717) is 0 Å². The Bertz CT molecular complexity index is 598. The number of carboxylic acid groups (broad SMARTS) is 1. The number of carbonyl (C=O) groups is 1. The van der Waals surface area contributed by atoms with Gasteiger partial charge in [0, 0.05) is 12.3 Å². The van der Waals surface area contributed by atoms with Crippen molar-refractivity contribution in [3.05, 3.63) is 48.0 Å². The van der Waals surface area contributed by atoms with Gasteiger partial charge < -0.3 is 14.6 Å². The quantitative estimate of drug-likeness (QED) is 0.918. The van der Waals surface area contributed by atoms with E-state index in [9.17, 15) is 9.18 Å². The molecule has 0 saturated carbocycles. The normalized spacial score (nSPS) is 10.0. The fourth-order valence-electron chi connectivity index (χ4n) is 1.46. The van der Waals surface area contributed by atoms with Gasteiger partial charge in [-0.2, -0.15) is 0 Å². The van der Waals surface area contributed by atoms with Crippen molar-refractivity contribution in [3.63, 3.8) is 0 Å². The number of hydrogen-bond donors (Lipinski definition) is 1. The van der Waals surface area contributed by atoms with Gasteiger partial charge in [-0.25, -0.2) is 14.2 Å². The van der Waals surface area contributed by atoms with Crippen LogP contribution in [-0.2, 0) is 0 Å². The third kappa shape index (κ3) is 2.79. The van der Waals surface area contributed by atoms with Crippen molar-refractivity contribution in [2.75, 3.05) is 7.11 Å². The van der Waals surface area contributed by atoms with Crippen molar-refractivity contribution >= 4 is 5.97 Å². The van der Waals surface area contributed by atoms with Gasteiger partial charge in [0.2, 0.25) is 5.75 Å². The van der Waals surface area contributed by atoms with Gasteiger partial charge in [0.1, 0.15) is 11.6 Å². The van der Waals surface area contributed by atoms with Crippen molar-refractivity contribution in [1.82, 2.24) is 4.98 Å². The first-order chi connectivity index (χ1) is 9.11. The summed E-state index contributed by atoms with van der Waals surface area (Å²) in [5.41, 5.74) is -0.274.